The predicted molar refractivity (Wildman–Crippen MR) is 77.8 cm³/mol. The molecule has 1 aromatic carbocycles. The first-order chi connectivity index (χ1) is 9.22. The third-order valence-corrected chi connectivity index (χ3v) is 5.65. The third kappa shape index (κ3) is 3.00. The molecule has 0 radical (unpaired) electrons. The van der Waals surface area contributed by atoms with Crippen LogP contribution in [-0.2, 0) is 17.2 Å². The Bertz CT molecular complexity index is 479. The molecule has 1 heterocycles. The van der Waals surface area contributed by atoms with Crippen LogP contribution in [0.25, 0.3) is 0 Å². The molecule has 19 heavy (non-hydrogen) atoms. The van der Waals surface area contributed by atoms with E-state index in [1.165, 1.54) is 17.5 Å². The van der Waals surface area contributed by atoms with Gasteiger partial charge in [-0.3, -0.25) is 4.21 Å². The second-order valence-corrected chi connectivity index (χ2v) is 7.31. The van der Waals surface area contributed by atoms with Gasteiger partial charge in [0.2, 0.25) is 0 Å². The van der Waals surface area contributed by atoms with Gasteiger partial charge in [0.1, 0.15) is 5.75 Å². The van der Waals surface area contributed by atoms with E-state index < -0.39 is 10.8 Å². The number of phenolic OH excluding ortho intramolecular Hbond substituents is 1. The minimum absolute atomic E-state index is 0.354. The van der Waals surface area contributed by atoms with Gasteiger partial charge >= 0.3 is 0 Å². The van der Waals surface area contributed by atoms with Crippen molar-refractivity contribution in [3.05, 3.63) is 29.3 Å². The Labute approximate surface area is 116 Å². The molecule has 3 nitrogen and oxygen atoms in total. The molecule has 0 saturated carbocycles. The quantitative estimate of drug-likeness (QED) is 0.873. The van der Waals surface area contributed by atoms with Crippen molar-refractivity contribution in [2.24, 2.45) is 0 Å². The minimum Gasteiger partial charge on any atom is -0.508 e. The van der Waals surface area contributed by atoms with Crippen molar-refractivity contribution in [3.63, 3.8) is 0 Å². The van der Waals surface area contributed by atoms with Gasteiger partial charge in [-0.2, -0.15) is 0 Å². The molecule has 1 fully saturated rings. The fourth-order valence-electron chi connectivity index (χ4n) is 3.20. The summed E-state index contributed by atoms with van der Waals surface area (Å²) in [6, 6.07) is 6.58. The zero-order valence-corrected chi connectivity index (χ0v) is 11.9. The van der Waals surface area contributed by atoms with Crippen LogP contribution in [0.2, 0.25) is 0 Å². The van der Waals surface area contributed by atoms with Crippen molar-refractivity contribution in [1.29, 1.82) is 0 Å². The highest BCUT2D eigenvalue weighted by molar-refractivity contribution is 7.85. The Morgan fingerprint density at radius 2 is 2.00 bits per heavy atom. The predicted octanol–water partition coefficient (Wildman–Crippen LogP) is 2.27. The van der Waals surface area contributed by atoms with Gasteiger partial charge in [-0.15, -0.1) is 0 Å². The summed E-state index contributed by atoms with van der Waals surface area (Å²) < 4.78 is 11.4. The van der Waals surface area contributed by atoms with Gasteiger partial charge in [0.15, 0.2) is 0 Å². The molecule has 2 N–H and O–H groups in total. The molecular formula is C15H21NO2S. The second kappa shape index (κ2) is 5.63. The van der Waals surface area contributed by atoms with E-state index in [2.05, 4.69) is 11.4 Å². The zero-order valence-electron chi connectivity index (χ0n) is 11.1. The first-order valence-corrected chi connectivity index (χ1v) is 8.64. The van der Waals surface area contributed by atoms with Crippen LogP contribution in [0.15, 0.2) is 18.2 Å². The van der Waals surface area contributed by atoms with Crippen LogP contribution >= 0.6 is 0 Å². The van der Waals surface area contributed by atoms with Gasteiger partial charge in [0.25, 0.3) is 0 Å². The highest BCUT2D eigenvalue weighted by Crippen LogP contribution is 2.33. The van der Waals surface area contributed by atoms with Gasteiger partial charge in [-0.25, -0.2) is 0 Å². The van der Waals surface area contributed by atoms with Crippen LogP contribution < -0.4 is 5.32 Å². The van der Waals surface area contributed by atoms with Crippen LogP contribution in [0.1, 0.15) is 42.9 Å². The molecule has 1 saturated heterocycles. The van der Waals surface area contributed by atoms with E-state index in [0.717, 1.165) is 37.2 Å². The number of hydrogen-bond donors (Lipinski definition) is 2. The molecule has 2 aliphatic rings. The Kier molecular flexibility index (Phi) is 3.89. The average Bonchev–Trinajstić information content (AvgIpc) is 2.42. The zero-order chi connectivity index (χ0) is 13.2. The van der Waals surface area contributed by atoms with Gasteiger partial charge in [-0.1, -0.05) is 6.07 Å². The van der Waals surface area contributed by atoms with Crippen molar-refractivity contribution < 1.29 is 9.32 Å². The summed E-state index contributed by atoms with van der Waals surface area (Å²) in [4.78, 5) is 0. The number of aromatic hydroxyl groups is 1. The molecule has 1 unspecified atom stereocenters. The standard InChI is InChI=1S/C15H21NO2S/c17-13-5-4-11-2-1-3-15(14(11)10-13)16-12-6-8-19(18)9-7-12/h4-5,10,12,15-17H,1-3,6-9H2. The van der Waals surface area contributed by atoms with Crippen LogP contribution in [-0.4, -0.2) is 26.9 Å². The van der Waals surface area contributed by atoms with Crippen molar-refractivity contribution in [2.45, 2.75) is 44.2 Å². The van der Waals surface area contributed by atoms with E-state index in [1.54, 1.807) is 6.07 Å². The van der Waals surface area contributed by atoms with E-state index in [9.17, 15) is 9.32 Å². The fourth-order valence-corrected chi connectivity index (χ4v) is 4.50. The van der Waals surface area contributed by atoms with Gasteiger partial charge < -0.3 is 10.4 Å². The fraction of sp³-hybridized carbons (Fsp3) is 0.600. The maximum Gasteiger partial charge on any atom is 0.115 e. The molecule has 1 aliphatic heterocycles. The van der Waals surface area contributed by atoms with E-state index in [0.29, 0.717) is 17.8 Å². The van der Waals surface area contributed by atoms with Gasteiger partial charge in [0.05, 0.1) is 0 Å². The number of phenols is 1. The molecule has 104 valence electrons. The van der Waals surface area contributed by atoms with Crippen LogP contribution in [0, 0.1) is 0 Å². The smallest absolute Gasteiger partial charge is 0.115 e. The summed E-state index contributed by atoms with van der Waals surface area (Å²) in [6.07, 6.45) is 5.47. The summed E-state index contributed by atoms with van der Waals surface area (Å²) in [7, 11) is -0.596. The molecule has 0 spiro atoms. The minimum atomic E-state index is -0.596. The SMILES string of the molecule is O=S1CCC(NC2CCCc3ccc(O)cc32)CC1. The highest BCUT2D eigenvalue weighted by Gasteiger charge is 2.25. The molecule has 0 bridgehead atoms. The maximum absolute atomic E-state index is 11.4. The monoisotopic (exact) mass is 279 g/mol. The van der Waals surface area contributed by atoms with E-state index in [1.807, 2.05) is 6.07 Å². The van der Waals surface area contributed by atoms with E-state index >= 15 is 0 Å². The number of fused-ring (bicyclic) bond motifs is 1. The molecule has 4 heteroatoms. The number of rotatable bonds is 2. The summed E-state index contributed by atoms with van der Waals surface area (Å²) in [6.45, 7) is 0. The Morgan fingerprint density at radius 1 is 1.21 bits per heavy atom. The maximum atomic E-state index is 11.4. The molecule has 0 amide bonds. The Hall–Kier alpha value is -0.870. The van der Waals surface area contributed by atoms with Crippen LogP contribution in [0.5, 0.6) is 5.75 Å². The van der Waals surface area contributed by atoms with E-state index in [-0.39, 0.29) is 0 Å². The molecular weight excluding hydrogens is 258 g/mol. The number of hydrogen-bond acceptors (Lipinski definition) is 3. The van der Waals surface area contributed by atoms with E-state index in [4.69, 9.17) is 0 Å². The first-order valence-electron chi connectivity index (χ1n) is 7.15. The largest absolute Gasteiger partial charge is 0.508 e. The summed E-state index contributed by atoms with van der Waals surface area (Å²) >= 11 is 0. The van der Waals surface area contributed by atoms with Crippen molar-refractivity contribution in [1.82, 2.24) is 5.32 Å². The summed E-state index contributed by atoms with van der Waals surface area (Å²) in [5, 5.41) is 13.4. The van der Waals surface area contributed by atoms with Crippen LogP contribution in [0.3, 0.4) is 0 Å². The normalized spacial score (nSPS) is 30.8. The molecule has 0 aromatic heterocycles. The molecule has 3 rings (SSSR count). The number of benzene rings is 1. The summed E-state index contributed by atoms with van der Waals surface area (Å²) in [5.41, 5.74) is 2.62. The number of aryl methyl sites for hydroxylation is 1. The molecule has 1 atom stereocenters. The van der Waals surface area contributed by atoms with Crippen molar-refractivity contribution in [3.8, 4) is 5.75 Å². The highest BCUT2D eigenvalue weighted by atomic mass is 32.2. The van der Waals surface area contributed by atoms with Crippen molar-refractivity contribution >= 4 is 10.8 Å². The second-order valence-electron chi connectivity index (χ2n) is 5.62. The Balaban J connectivity index is 1.72. The van der Waals surface area contributed by atoms with Crippen LogP contribution in [0.4, 0.5) is 0 Å². The topological polar surface area (TPSA) is 49.3 Å². The molecule has 1 aliphatic carbocycles. The number of nitrogens with one attached hydrogen (secondary N) is 1. The lowest BCUT2D eigenvalue weighted by Crippen LogP contribution is -2.39. The van der Waals surface area contributed by atoms with Gasteiger partial charge in [0, 0.05) is 34.4 Å². The van der Waals surface area contributed by atoms with Crippen molar-refractivity contribution in [2.75, 3.05) is 11.5 Å². The lowest BCUT2D eigenvalue weighted by atomic mass is 9.87. The average molecular weight is 279 g/mol. The lowest BCUT2D eigenvalue weighted by molar-refractivity contribution is 0.374. The van der Waals surface area contributed by atoms with Gasteiger partial charge in [-0.05, 0) is 55.4 Å². The first kappa shape index (κ1) is 13.1. The third-order valence-electron chi connectivity index (χ3n) is 4.27. The molecule has 1 aromatic rings. The Morgan fingerprint density at radius 3 is 2.79 bits per heavy atom. The lowest BCUT2D eigenvalue weighted by Gasteiger charge is -2.32. The summed E-state index contributed by atoms with van der Waals surface area (Å²) in [5.74, 6) is 2.02.